The van der Waals surface area contributed by atoms with E-state index in [2.05, 4.69) is 9.88 Å². The molecule has 8 nitrogen and oxygen atoms in total. The first-order valence-corrected chi connectivity index (χ1v) is 14.4. The quantitative estimate of drug-likeness (QED) is 0.321. The Bertz CT molecular complexity index is 1260. The number of oxazole rings is 1. The maximum Gasteiger partial charge on any atom is 0.256 e. The number of para-hydroxylation sites is 2. The van der Waals surface area contributed by atoms with E-state index in [0.717, 1.165) is 36.1 Å². The van der Waals surface area contributed by atoms with Gasteiger partial charge in [0.05, 0.1) is 11.5 Å². The lowest BCUT2D eigenvalue weighted by Gasteiger charge is -2.39. The van der Waals surface area contributed by atoms with Crippen LogP contribution >= 0.6 is 11.8 Å². The summed E-state index contributed by atoms with van der Waals surface area (Å²) >= 11 is 1.53. The molecular formula is C25H29N3O5S2. The van der Waals surface area contributed by atoms with E-state index >= 15 is 0 Å². The van der Waals surface area contributed by atoms with Gasteiger partial charge in [-0.2, -0.15) is 0 Å². The monoisotopic (exact) mass is 515 g/mol. The normalized spacial score (nSPS) is 18.5. The zero-order valence-electron chi connectivity index (χ0n) is 19.4. The maximum absolute atomic E-state index is 13.5. The molecule has 10 heteroatoms. The average Bonchev–Trinajstić information content (AvgIpc) is 3.63. The molecule has 1 aliphatic carbocycles. The molecule has 3 aromatic rings. The van der Waals surface area contributed by atoms with Crippen LogP contribution in [0.15, 0.2) is 63.1 Å². The summed E-state index contributed by atoms with van der Waals surface area (Å²) in [5, 5.41) is 0.632. The molecular weight excluding hydrogens is 486 g/mol. The number of primary amides is 1. The van der Waals surface area contributed by atoms with E-state index in [1.165, 1.54) is 23.9 Å². The van der Waals surface area contributed by atoms with Crippen molar-refractivity contribution >= 4 is 38.6 Å². The topological polar surface area (TPSA) is 116 Å². The Balaban J connectivity index is 1.15. The van der Waals surface area contributed by atoms with Gasteiger partial charge < -0.3 is 19.8 Å². The zero-order valence-corrected chi connectivity index (χ0v) is 21.0. The number of likely N-dealkylation sites (tertiary alicyclic amines) is 1. The van der Waals surface area contributed by atoms with Crippen molar-refractivity contribution in [1.82, 2.24) is 9.88 Å². The molecule has 0 bridgehead atoms. The second kappa shape index (κ2) is 9.83. The van der Waals surface area contributed by atoms with Gasteiger partial charge in [0.1, 0.15) is 11.3 Å². The Hall–Kier alpha value is -2.56. The number of aromatic nitrogens is 1. The molecule has 1 aliphatic heterocycles. The van der Waals surface area contributed by atoms with E-state index in [1.54, 1.807) is 12.1 Å². The SMILES string of the molecule is NC(=O)C1(S(=O)(=O)c2ccc(OCCCSc3nc4ccccc4o3)cc2)CCN(C2CC2)CC1. The van der Waals surface area contributed by atoms with Crippen molar-refractivity contribution in [3.63, 3.8) is 0 Å². The van der Waals surface area contributed by atoms with E-state index in [1.807, 2.05) is 24.3 Å². The Morgan fingerprint density at radius 3 is 2.51 bits per heavy atom. The van der Waals surface area contributed by atoms with Gasteiger partial charge in [-0.1, -0.05) is 23.9 Å². The molecule has 5 rings (SSSR count). The van der Waals surface area contributed by atoms with Gasteiger partial charge in [0.25, 0.3) is 5.22 Å². The molecule has 186 valence electrons. The van der Waals surface area contributed by atoms with Crippen LogP contribution in [0.4, 0.5) is 0 Å². The van der Waals surface area contributed by atoms with E-state index in [0.29, 0.717) is 36.7 Å². The van der Waals surface area contributed by atoms with Gasteiger partial charge in [-0.15, -0.1) is 0 Å². The summed E-state index contributed by atoms with van der Waals surface area (Å²) in [6.07, 6.45) is 3.53. The van der Waals surface area contributed by atoms with Crippen LogP contribution in [0.3, 0.4) is 0 Å². The number of sulfone groups is 1. The number of nitrogens with two attached hydrogens (primary N) is 1. The number of hydrogen-bond donors (Lipinski definition) is 1. The van der Waals surface area contributed by atoms with Gasteiger partial charge in [-0.05, 0) is 68.5 Å². The second-order valence-corrected chi connectivity index (χ2v) is 12.4. The van der Waals surface area contributed by atoms with Gasteiger partial charge in [-0.25, -0.2) is 13.4 Å². The Labute approximate surface area is 209 Å². The van der Waals surface area contributed by atoms with Gasteiger partial charge in [0.2, 0.25) is 5.91 Å². The van der Waals surface area contributed by atoms with Crippen LogP contribution in [0.5, 0.6) is 5.75 Å². The Kier molecular flexibility index (Phi) is 6.78. The maximum atomic E-state index is 13.5. The van der Waals surface area contributed by atoms with Crippen LogP contribution in [-0.2, 0) is 14.6 Å². The first-order chi connectivity index (χ1) is 16.9. The van der Waals surface area contributed by atoms with Gasteiger partial charge in [0, 0.05) is 24.9 Å². The Morgan fingerprint density at radius 2 is 1.86 bits per heavy atom. The van der Waals surface area contributed by atoms with E-state index in [-0.39, 0.29) is 17.7 Å². The molecule has 2 aliphatic rings. The highest BCUT2D eigenvalue weighted by atomic mass is 32.2. The molecule has 2 aromatic carbocycles. The fourth-order valence-electron chi connectivity index (χ4n) is 4.60. The average molecular weight is 516 g/mol. The van der Waals surface area contributed by atoms with E-state index < -0.39 is 20.5 Å². The summed E-state index contributed by atoms with van der Waals surface area (Å²) in [4.78, 5) is 19.2. The second-order valence-electron chi connectivity index (χ2n) is 9.10. The standard InChI is InChI=1S/C25H29N3O5S2/c26-23(29)25(12-14-28(15-13-25)18-6-7-18)35(30,31)20-10-8-19(9-11-20)32-16-3-17-34-24-27-21-4-1-2-5-22(21)33-24/h1-2,4-5,8-11,18H,3,6-7,12-17H2,(H2,26,29). The number of nitrogens with zero attached hydrogens (tertiary/aromatic N) is 2. The van der Waals surface area contributed by atoms with Crippen molar-refractivity contribution in [1.29, 1.82) is 0 Å². The highest BCUT2D eigenvalue weighted by Crippen LogP contribution is 2.39. The molecule has 1 aromatic heterocycles. The lowest BCUT2D eigenvalue weighted by molar-refractivity contribution is -0.121. The molecule has 0 unspecified atom stereocenters. The first kappa shape index (κ1) is 24.1. The lowest BCUT2D eigenvalue weighted by Crippen LogP contribution is -2.57. The summed E-state index contributed by atoms with van der Waals surface area (Å²) in [5.74, 6) is 0.593. The number of rotatable bonds is 10. The summed E-state index contributed by atoms with van der Waals surface area (Å²) in [7, 11) is -3.92. The molecule has 2 N–H and O–H groups in total. The van der Waals surface area contributed by atoms with Crippen LogP contribution in [0, 0.1) is 0 Å². The van der Waals surface area contributed by atoms with Gasteiger partial charge in [-0.3, -0.25) is 4.79 Å². The number of ether oxygens (including phenoxy) is 1. The third-order valence-corrected chi connectivity index (χ3v) is 10.3. The number of hydrogen-bond acceptors (Lipinski definition) is 8. The van der Waals surface area contributed by atoms with Crippen molar-refractivity contribution in [2.75, 3.05) is 25.4 Å². The molecule has 0 spiro atoms. The van der Waals surface area contributed by atoms with Crippen LogP contribution in [0.25, 0.3) is 11.1 Å². The fraction of sp³-hybridized carbons (Fsp3) is 0.440. The predicted molar refractivity (Wildman–Crippen MR) is 134 cm³/mol. The smallest absolute Gasteiger partial charge is 0.256 e. The minimum atomic E-state index is -3.92. The number of fused-ring (bicyclic) bond motifs is 1. The van der Waals surface area contributed by atoms with E-state index in [4.69, 9.17) is 14.9 Å². The van der Waals surface area contributed by atoms with Crippen molar-refractivity contribution in [2.45, 2.75) is 53.0 Å². The highest BCUT2D eigenvalue weighted by Gasteiger charge is 2.52. The summed E-state index contributed by atoms with van der Waals surface area (Å²) in [6, 6.07) is 14.5. The molecule has 2 fully saturated rings. The number of benzene rings is 2. The van der Waals surface area contributed by atoms with Crippen molar-refractivity contribution in [3.8, 4) is 5.75 Å². The third-order valence-electron chi connectivity index (χ3n) is 6.82. The van der Waals surface area contributed by atoms with Crippen molar-refractivity contribution in [3.05, 3.63) is 48.5 Å². The van der Waals surface area contributed by atoms with Crippen molar-refractivity contribution < 1.29 is 22.4 Å². The number of thioether (sulfide) groups is 1. The van der Waals surface area contributed by atoms with Gasteiger partial charge in [0.15, 0.2) is 20.2 Å². The summed E-state index contributed by atoms with van der Waals surface area (Å²) in [5.41, 5.74) is 7.29. The lowest BCUT2D eigenvalue weighted by atomic mass is 9.95. The van der Waals surface area contributed by atoms with Crippen LogP contribution < -0.4 is 10.5 Å². The number of carbonyl (C=O) groups excluding carboxylic acids is 1. The summed E-state index contributed by atoms with van der Waals surface area (Å²) in [6.45, 7) is 1.63. The van der Waals surface area contributed by atoms with Crippen molar-refractivity contribution in [2.24, 2.45) is 5.73 Å². The summed E-state index contributed by atoms with van der Waals surface area (Å²) < 4.78 is 36.9. The first-order valence-electron chi connectivity index (χ1n) is 11.9. The van der Waals surface area contributed by atoms with Crippen LogP contribution in [0.1, 0.15) is 32.1 Å². The van der Waals surface area contributed by atoms with Crippen LogP contribution in [-0.4, -0.2) is 60.4 Å². The molecule has 1 saturated carbocycles. The minimum absolute atomic E-state index is 0.107. The predicted octanol–water partition coefficient (Wildman–Crippen LogP) is 3.65. The molecule has 2 heterocycles. The van der Waals surface area contributed by atoms with E-state index in [9.17, 15) is 13.2 Å². The molecule has 1 amide bonds. The number of carbonyl (C=O) groups is 1. The number of amides is 1. The third kappa shape index (κ3) is 4.92. The molecule has 1 saturated heterocycles. The largest absolute Gasteiger partial charge is 0.494 e. The van der Waals surface area contributed by atoms with Crippen LogP contribution in [0.2, 0.25) is 0 Å². The molecule has 0 radical (unpaired) electrons. The minimum Gasteiger partial charge on any atom is -0.494 e. The molecule has 35 heavy (non-hydrogen) atoms. The fourth-order valence-corrected chi connectivity index (χ4v) is 7.28. The number of piperidine rings is 1. The zero-order chi connectivity index (χ0) is 24.5. The van der Waals surface area contributed by atoms with Gasteiger partial charge >= 0.3 is 0 Å². The Morgan fingerprint density at radius 1 is 1.14 bits per heavy atom. The highest BCUT2D eigenvalue weighted by molar-refractivity contribution is 7.99. The molecule has 0 atom stereocenters.